The van der Waals surface area contributed by atoms with Crippen molar-refractivity contribution in [2.45, 2.75) is 45.4 Å². The normalized spacial score (nSPS) is 21.7. The third kappa shape index (κ3) is 3.63. The molecule has 2 aromatic carbocycles. The van der Waals surface area contributed by atoms with E-state index in [9.17, 15) is 0 Å². The lowest BCUT2D eigenvalue weighted by Crippen LogP contribution is -2.38. The molecule has 1 aliphatic heterocycles. The molecule has 0 spiro atoms. The van der Waals surface area contributed by atoms with Crippen LogP contribution in [-0.2, 0) is 19.3 Å². The minimum atomic E-state index is 0.635. The van der Waals surface area contributed by atoms with Crippen LogP contribution in [-0.4, -0.2) is 31.1 Å². The summed E-state index contributed by atoms with van der Waals surface area (Å²) in [5.74, 6) is 1.69. The van der Waals surface area contributed by atoms with Gasteiger partial charge in [-0.25, -0.2) is 0 Å². The Kier molecular flexibility index (Phi) is 4.98. The highest BCUT2D eigenvalue weighted by Crippen LogP contribution is 2.34. The van der Waals surface area contributed by atoms with Gasteiger partial charge in [0.2, 0.25) is 0 Å². The van der Waals surface area contributed by atoms with Gasteiger partial charge < -0.3 is 4.74 Å². The van der Waals surface area contributed by atoms with Crippen molar-refractivity contribution in [3.8, 4) is 5.75 Å². The number of hydrogen-bond acceptors (Lipinski definition) is 2. The van der Waals surface area contributed by atoms with Crippen LogP contribution in [0.3, 0.4) is 0 Å². The van der Waals surface area contributed by atoms with Crippen molar-refractivity contribution in [3.05, 3.63) is 70.3 Å². The van der Waals surface area contributed by atoms with Gasteiger partial charge in [0, 0.05) is 6.54 Å². The Morgan fingerprint density at radius 1 is 0.964 bits per heavy atom. The van der Waals surface area contributed by atoms with E-state index in [1.807, 2.05) is 0 Å². The molecule has 5 rings (SSSR count). The van der Waals surface area contributed by atoms with Crippen molar-refractivity contribution < 1.29 is 4.74 Å². The van der Waals surface area contributed by atoms with Crippen LogP contribution in [0.25, 0.3) is 5.57 Å². The number of rotatable bonds is 5. The fourth-order valence-corrected chi connectivity index (χ4v) is 5.03. The number of aryl methyl sites for hydroxylation is 2. The lowest BCUT2D eigenvalue weighted by molar-refractivity contribution is 0.197. The van der Waals surface area contributed by atoms with Crippen LogP contribution in [0.1, 0.15) is 48.4 Å². The van der Waals surface area contributed by atoms with Gasteiger partial charge in [0.1, 0.15) is 5.75 Å². The third-order valence-corrected chi connectivity index (χ3v) is 7.00. The smallest absolute Gasteiger partial charge is 0.119 e. The van der Waals surface area contributed by atoms with Crippen LogP contribution in [0.2, 0.25) is 0 Å². The molecule has 146 valence electrons. The molecule has 1 heterocycles. The average molecular weight is 374 g/mol. The van der Waals surface area contributed by atoms with E-state index >= 15 is 0 Å². The van der Waals surface area contributed by atoms with Gasteiger partial charge in [-0.05, 0) is 104 Å². The second-order valence-corrected chi connectivity index (χ2v) is 8.87. The van der Waals surface area contributed by atoms with Crippen molar-refractivity contribution in [2.75, 3.05) is 26.2 Å². The molecule has 1 atom stereocenters. The van der Waals surface area contributed by atoms with Gasteiger partial charge in [0.25, 0.3) is 0 Å². The fourth-order valence-electron chi connectivity index (χ4n) is 5.03. The highest BCUT2D eigenvalue weighted by Gasteiger charge is 2.22. The number of benzene rings is 2. The van der Waals surface area contributed by atoms with E-state index in [1.165, 1.54) is 73.1 Å². The molecule has 0 amide bonds. The number of nitrogens with zero attached hydrogens (tertiary/aromatic N) is 1. The Hall–Kier alpha value is -2.06. The van der Waals surface area contributed by atoms with Crippen molar-refractivity contribution in [1.29, 1.82) is 0 Å². The summed E-state index contributed by atoms with van der Waals surface area (Å²) >= 11 is 0. The maximum atomic E-state index is 6.26. The Balaban J connectivity index is 1.23. The van der Waals surface area contributed by atoms with Crippen molar-refractivity contribution in [1.82, 2.24) is 4.90 Å². The number of allylic oxidation sites excluding steroid dienone is 1. The van der Waals surface area contributed by atoms with Crippen LogP contribution in [0.15, 0.2) is 48.0 Å². The minimum Gasteiger partial charge on any atom is -0.493 e. The zero-order valence-corrected chi connectivity index (χ0v) is 17.0. The molecule has 2 nitrogen and oxygen atoms in total. The zero-order valence-electron chi connectivity index (χ0n) is 17.0. The van der Waals surface area contributed by atoms with Gasteiger partial charge in [-0.15, -0.1) is 0 Å². The van der Waals surface area contributed by atoms with E-state index in [-0.39, 0.29) is 0 Å². The third-order valence-electron chi connectivity index (χ3n) is 7.00. The largest absolute Gasteiger partial charge is 0.493 e. The summed E-state index contributed by atoms with van der Waals surface area (Å²) < 4.78 is 6.26. The van der Waals surface area contributed by atoms with Gasteiger partial charge in [-0.3, -0.25) is 4.90 Å². The number of likely N-dealkylation sites (tertiary alicyclic amines) is 1. The standard InChI is InChI=1S/C26H31NO/c1-19-24(17-27-13-4-14-27)10-9-23-16-25(11-12-26(19)23)28-18-20-7-8-21-5-2-3-6-22(21)15-20/h2-3,5-6,11-12,16,20H,4,7-10,13-15,17-18H2,1H3. The molecule has 2 aliphatic carbocycles. The summed E-state index contributed by atoms with van der Waals surface area (Å²) in [5, 5.41) is 0. The lowest BCUT2D eigenvalue weighted by Gasteiger charge is -2.33. The summed E-state index contributed by atoms with van der Waals surface area (Å²) in [4.78, 5) is 2.57. The molecule has 0 radical (unpaired) electrons. The maximum absolute atomic E-state index is 6.26. The molecular weight excluding hydrogens is 342 g/mol. The summed E-state index contributed by atoms with van der Waals surface area (Å²) in [6.45, 7) is 6.88. The van der Waals surface area contributed by atoms with Gasteiger partial charge >= 0.3 is 0 Å². The van der Waals surface area contributed by atoms with Crippen LogP contribution in [0.4, 0.5) is 0 Å². The summed E-state index contributed by atoms with van der Waals surface area (Å²) in [6.07, 6.45) is 7.32. The first kappa shape index (κ1) is 18.0. The molecule has 0 aromatic heterocycles. The summed E-state index contributed by atoms with van der Waals surface area (Å²) in [6, 6.07) is 15.7. The molecule has 0 saturated carbocycles. The second kappa shape index (κ2) is 7.75. The monoisotopic (exact) mass is 373 g/mol. The van der Waals surface area contributed by atoms with Crippen LogP contribution in [0, 0.1) is 5.92 Å². The predicted octanol–water partition coefficient (Wildman–Crippen LogP) is 5.30. The Morgan fingerprint density at radius 3 is 2.64 bits per heavy atom. The van der Waals surface area contributed by atoms with Crippen LogP contribution < -0.4 is 4.74 Å². The molecular formula is C26H31NO. The Labute approximate surface area is 169 Å². The van der Waals surface area contributed by atoms with Crippen LogP contribution in [0.5, 0.6) is 5.75 Å². The highest BCUT2D eigenvalue weighted by molar-refractivity contribution is 5.72. The van der Waals surface area contributed by atoms with E-state index in [0.717, 1.165) is 25.2 Å². The highest BCUT2D eigenvalue weighted by atomic mass is 16.5. The fraction of sp³-hybridized carbons (Fsp3) is 0.462. The van der Waals surface area contributed by atoms with Crippen LogP contribution >= 0.6 is 0 Å². The molecule has 1 saturated heterocycles. The number of fused-ring (bicyclic) bond motifs is 2. The van der Waals surface area contributed by atoms with E-state index in [2.05, 4.69) is 54.3 Å². The zero-order chi connectivity index (χ0) is 18.9. The van der Waals surface area contributed by atoms with Crippen molar-refractivity contribution >= 4 is 5.57 Å². The molecule has 0 N–H and O–H groups in total. The van der Waals surface area contributed by atoms with E-state index in [4.69, 9.17) is 4.74 Å². The summed E-state index contributed by atoms with van der Waals surface area (Å²) in [5.41, 5.74) is 9.11. The molecule has 3 aliphatic rings. The number of hydrogen-bond donors (Lipinski definition) is 0. The molecule has 1 unspecified atom stereocenters. The first-order chi connectivity index (χ1) is 13.8. The maximum Gasteiger partial charge on any atom is 0.119 e. The minimum absolute atomic E-state index is 0.635. The van der Waals surface area contributed by atoms with Gasteiger partial charge in [0.05, 0.1) is 6.61 Å². The van der Waals surface area contributed by atoms with E-state index in [1.54, 1.807) is 5.57 Å². The van der Waals surface area contributed by atoms with Crippen molar-refractivity contribution in [2.24, 2.45) is 5.92 Å². The number of ether oxygens (including phenoxy) is 1. The second-order valence-electron chi connectivity index (χ2n) is 8.87. The summed E-state index contributed by atoms with van der Waals surface area (Å²) in [7, 11) is 0. The van der Waals surface area contributed by atoms with Crippen molar-refractivity contribution in [3.63, 3.8) is 0 Å². The quantitative estimate of drug-likeness (QED) is 0.705. The molecule has 1 fully saturated rings. The Bertz CT molecular complexity index is 893. The predicted molar refractivity (Wildman–Crippen MR) is 116 cm³/mol. The molecule has 0 bridgehead atoms. The first-order valence-corrected chi connectivity index (χ1v) is 11.0. The lowest BCUT2D eigenvalue weighted by atomic mass is 9.84. The Morgan fingerprint density at radius 2 is 1.82 bits per heavy atom. The van der Waals surface area contributed by atoms with Gasteiger partial charge in [-0.1, -0.05) is 35.9 Å². The van der Waals surface area contributed by atoms with Gasteiger partial charge in [0.15, 0.2) is 0 Å². The average Bonchev–Trinajstić information content (AvgIpc) is 2.70. The van der Waals surface area contributed by atoms with E-state index < -0.39 is 0 Å². The molecule has 2 aromatic rings. The van der Waals surface area contributed by atoms with Gasteiger partial charge in [-0.2, -0.15) is 0 Å². The first-order valence-electron chi connectivity index (χ1n) is 11.0. The van der Waals surface area contributed by atoms with E-state index in [0.29, 0.717) is 5.92 Å². The molecule has 2 heteroatoms. The topological polar surface area (TPSA) is 12.5 Å². The molecule has 28 heavy (non-hydrogen) atoms. The SMILES string of the molecule is CC1=C(CN2CCC2)CCc2cc(OCC3CCc4ccccc4C3)ccc21.